The molecule has 3 nitrogen and oxygen atoms in total. The van der Waals surface area contributed by atoms with Gasteiger partial charge >= 0.3 is 0 Å². The van der Waals surface area contributed by atoms with Gasteiger partial charge in [0.25, 0.3) is 0 Å². The van der Waals surface area contributed by atoms with Gasteiger partial charge in [-0.3, -0.25) is 4.98 Å². The van der Waals surface area contributed by atoms with E-state index in [0.717, 1.165) is 35.6 Å². The third-order valence-electron chi connectivity index (χ3n) is 3.52. The molecule has 0 amide bonds. The minimum Gasteiger partial charge on any atom is -0.369 e. The quantitative estimate of drug-likeness (QED) is 0.820. The average Bonchev–Trinajstić information content (AvgIpc) is 3.01. The number of pyridine rings is 1. The van der Waals surface area contributed by atoms with E-state index in [-0.39, 0.29) is 0 Å². The molecule has 1 fully saturated rings. The van der Waals surface area contributed by atoms with Crippen LogP contribution in [0.3, 0.4) is 0 Å². The number of nitrogens with zero attached hydrogens (tertiary/aromatic N) is 3. The van der Waals surface area contributed by atoms with E-state index in [1.807, 2.05) is 42.6 Å². The van der Waals surface area contributed by atoms with Crippen molar-refractivity contribution in [3.05, 3.63) is 48.2 Å². The van der Waals surface area contributed by atoms with Crippen LogP contribution >= 0.6 is 0 Å². The minimum atomic E-state index is 0.718. The molecule has 0 spiro atoms. The molecule has 1 saturated heterocycles. The van der Waals surface area contributed by atoms with Gasteiger partial charge in [-0.25, -0.2) is 0 Å². The second kappa shape index (κ2) is 5.11. The molecule has 0 saturated carbocycles. The molecule has 19 heavy (non-hydrogen) atoms. The van der Waals surface area contributed by atoms with Crippen molar-refractivity contribution >= 4 is 5.69 Å². The molecule has 1 aliphatic heterocycles. The molecule has 3 heteroatoms. The molecule has 0 unspecified atom stereocenters. The predicted octanol–water partition coefficient (Wildman–Crippen LogP) is 3.22. The highest BCUT2D eigenvalue weighted by Gasteiger charge is 2.16. The lowest BCUT2D eigenvalue weighted by molar-refractivity contribution is 0.949. The van der Waals surface area contributed by atoms with Crippen LogP contribution in [-0.4, -0.2) is 18.1 Å². The molecule has 0 radical (unpaired) electrons. The first-order chi connectivity index (χ1) is 9.38. The van der Waals surface area contributed by atoms with E-state index in [1.165, 1.54) is 12.8 Å². The predicted molar refractivity (Wildman–Crippen MR) is 75.8 cm³/mol. The second-order valence-corrected chi connectivity index (χ2v) is 4.76. The third kappa shape index (κ3) is 2.30. The summed E-state index contributed by atoms with van der Waals surface area (Å²) >= 11 is 0. The lowest BCUT2D eigenvalue weighted by atomic mass is 10.1. The fourth-order valence-electron chi connectivity index (χ4n) is 2.51. The lowest BCUT2D eigenvalue weighted by Crippen LogP contribution is -2.19. The van der Waals surface area contributed by atoms with Crippen molar-refractivity contribution < 1.29 is 0 Å². The van der Waals surface area contributed by atoms with E-state index in [0.29, 0.717) is 0 Å². The van der Waals surface area contributed by atoms with Crippen molar-refractivity contribution in [1.29, 1.82) is 5.26 Å². The van der Waals surface area contributed by atoms with Crippen LogP contribution in [0.4, 0.5) is 5.69 Å². The van der Waals surface area contributed by atoms with Crippen molar-refractivity contribution in [2.75, 3.05) is 18.0 Å². The normalized spacial score (nSPS) is 14.4. The Morgan fingerprint density at radius 1 is 1.11 bits per heavy atom. The fourth-order valence-corrected chi connectivity index (χ4v) is 2.51. The van der Waals surface area contributed by atoms with Crippen LogP contribution in [0.2, 0.25) is 0 Å². The zero-order valence-electron chi connectivity index (χ0n) is 10.7. The van der Waals surface area contributed by atoms with Gasteiger partial charge in [0.1, 0.15) is 6.07 Å². The van der Waals surface area contributed by atoms with Gasteiger partial charge in [-0.05, 0) is 18.9 Å². The van der Waals surface area contributed by atoms with Gasteiger partial charge in [-0.2, -0.15) is 5.26 Å². The van der Waals surface area contributed by atoms with E-state index in [1.54, 1.807) is 0 Å². The molecule has 0 aliphatic carbocycles. The molecule has 0 atom stereocenters. The first-order valence-electron chi connectivity index (χ1n) is 6.59. The number of hydrogen-bond donors (Lipinski definition) is 0. The largest absolute Gasteiger partial charge is 0.369 e. The van der Waals surface area contributed by atoms with Gasteiger partial charge in [0.2, 0.25) is 0 Å². The summed E-state index contributed by atoms with van der Waals surface area (Å²) in [5.74, 6) is 0. The number of hydrogen-bond acceptors (Lipinski definition) is 3. The number of anilines is 1. The smallest absolute Gasteiger partial charge is 0.101 e. The summed E-state index contributed by atoms with van der Waals surface area (Å²) in [7, 11) is 0. The summed E-state index contributed by atoms with van der Waals surface area (Å²) in [6.45, 7) is 2.06. The Bertz CT molecular complexity index is 608. The third-order valence-corrected chi connectivity index (χ3v) is 3.52. The Balaban J connectivity index is 2.00. The lowest BCUT2D eigenvalue weighted by Gasteiger charge is -2.18. The minimum absolute atomic E-state index is 0.718. The highest BCUT2D eigenvalue weighted by Crippen LogP contribution is 2.27. The molecule has 1 aromatic heterocycles. The zero-order valence-corrected chi connectivity index (χ0v) is 10.7. The fraction of sp³-hybridized carbons (Fsp3) is 0.250. The molecule has 2 heterocycles. The van der Waals surface area contributed by atoms with Crippen molar-refractivity contribution in [3.8, 4) is 17.3 Å². The van der Waals surface area contributed by atoms with Crippen LogP contribution in [0, 0.1) is 11.3 Å². The molecule has 1 aliphatic rings. The topological polar surface area (TPSA) is 39.9 Å². The Kier molecular flexibility index (Phi) is 3.16. The van der Waals surface area contributed by atoms with Crippen LogP contribution in [0.5, 0.6) is 0 Å². The highest BCUT2D eigenvalue weighted by atomic mass is 15.1. The maximum Gasteiger partial charge on any atom is 0.101 e. The van der Waals surface area contributed by atoms with Gasteiger partial charge in [-0.15, -0.1) is 0 Å². The Morgan fingerprint density at radius 2 is 1.84 bits per heavy atom. The highest BCUT2D eigenvalue weighted by molar-refractivity contribution is 5.67. The van der Waals surface area contributed by atoms with Crippen LogP contribution in [0.15, 0.2) is 42.6 Å². The van der Waals surface area contributed by atoms with Crippen molar-refractivity contribution in [3.63, 3.8) is 0 Å². The van der Waals surface area contributed by atoms with Gasteiger partial charge in [-0.1, -0.05) is 30.3 Å². The van der Waals surface area contributed by atoms with Crippen molar-refractivity contribution in [2.45, 2.75) is 12.8 Å². The first-order valence-corrected chi connectivity index (χ1v) is 6.59. The summed E-state index contributed by atoms with van der Waals surface area (Å²) < 4.78 is 0. The summed E-state index contributed by atoms with van der Waals surface area (Å²) in [5.41, 5.74) is 3.60. The Hall–Kier alpha value is -2.34. The van der Waals surface area contributed by atoms with Gasteiger partial charge in [0.15, 0.2) is 0 Å². The van der Waals surface area contributed by atoms with E-state index in [4.69, 9.17) is 0 Å². The number of benzene rings is 1. The molecule has 2 aromatic rings. The number of aromatic nitrogens is 1. The zero-order chi connectivity index (χ0) is 13.1. The van der Waals surface area contributed by atoms with Crippen LogP contribution < -0.4 is 4.90 Å². The van der Waals surface area contributed by atoms with Crippen LogP contribution in [0.25, 0.3) is 11.3 Å². The molecule has 1 aromatic carbocycles. The Labute approximate surface area is 113 Å². The monoisotopic (exact) mass is 249 g/mol. The summed E-state index contributed by atoms with van der Waals surface area (Å²) in [6, 6.07) is 14.2. The molecule has 0 bridgehead atoms. The number of nitriles is 1. The van der Waals surface area contributed by atoms with E-state index in [2.05, 4.69) is 16.0 Å². The SMILES string of the molecule is N#Cc1cc(-c2ccccc2)ncc1N1CCCC1. The number of rotatable bonds is 2. The van der Waals surface area contributed by atoms with Crippen LogP contribution in [-0.2, 0) is 0 Å². The molecule has 0 N–H and O–H groups in total. The maximum atomic E-state index is 9.35. The molecular weight excluding hydrogens is 234 g/mol. The van der Waals surface area contributed by atoms with Crippen molar-refractivity contribution in [2.24, 2.45) is 0 Å². The van der Waals surface area contributed by atoms with Gasteiger partial charge < -0.3 is 4.90 Å². The Morgan fingerprint density at radius 3 is 2.53 bits per heavy atom. The summed E-state index contributed by atoms with van der Waals surface area (Å²) in [6.07, 6.45) is 4.24. The van der Waals surface area contributed by atoms with Crippen LogP contribution in [0.1, 0.15) is 18.4 Å². The van der Waals surface area contributed by atoms with Gasteiger partial charge in [0, 0.05) is 18.7 Å². The van der Waals surface area contributed by atoms with E-state index in [9.17, 15) is 5.26 Å². The maximum absolute atomic E-state index is 9.35. The van der Waals surface area contributed by atoms with Gasteiger partial charge in [0.05, 0.1) is 23.1 Å². The molecule has 94 valence electrons. The van der Waals surface area contributed by atoms with E-state index >= 15 is 0 Å². The molecule has 3 rings (SSSR count). The molecular formula is C16H15N3. The standard InChI is InChI=1S/C16H15N3/c17-11-14-10-15(13-6-2-1-3-7-13)18-12-16(14)19-8-4-5-9-19/h1-3,6-7,10,12H,4-5,8-9H2. The summed E-state index contributed by atoms with van der Waals surface area (Å²) in [4.78, 5) is 6.76. The average molecular weight is 249 g/mol. The van der Waals surface area contributed by atoms with E-state index < -0.39 is 0 Å². The first kappa shape index (κ1) is 11.7. The summed E-state index contributed by atoms with van der Waals surface area (Å²) in [5, 5.41) is 9.35. The van der Waals surface area contributed by atoms with Crippen molar-refractivity contribution in [1.82, 2.24) is 4.98 Å². The second-order valence-electron chi connectivity index (χ2n) is 4.76.